The lowest BCUT2D eigenvalue weighted by molar-refractivity contribution is 0.0946. The van der Waals surface area contributed by atoms with E-state index in [0.29, 0.717) is 24.0 Å². The molecule has 0 atom stereocenters. The molecule has 0 spiro atoms. The average molecular weight is 293 g/mol. The van der Waals surface area contributed by atoms with Gasteiger partial charge < -0.3 is 15.5 Å². The Labute approximate surface area is 127 Å². The molecule has 6 nitrogen and oxygen atoms in total. The fourth-order valence-corrected chi connectivity index (χ4v) is 1.72. The van der Waals surface area contributed by atoms with E-state index in [9.17, 15) is 4.79 Å². The lowest BCUT2D eigenvalue weighted by Crippen LogP contribution is -2.26. The fourth-order valence-electron chi connectivity index (χ4n) is 1.72. The maximum absolute atomic E-state index is 11.8. The van der Waals surface area contributed by atoms with Crippen LogP contribution in [0.2, 0.25) is 0 Å². The summed E-state index contributed by atoms with van der Waals surface area (Å²) in [5.74, 6) is 1.11. The van der Waals surface area contributed by atoms with Gasteiger partial charge in [-0.1, -0.05) is 13.8 Å². The molecule has 1 aromatic heterocycles. The molecule has 0 aliphatic rings. The molecule has 0 aliphatic heterocycles. The van der Waals surface area contributed by atoms with E-state index in [1.54, 1.807) is 12.1 Å². The second-order valence-corrected chi connectivity index (χ2v) is 5.83. The van der Waals surface area contributed by atoms with Crippen LogP contribution in [0.15, 0.2) is 12.1 Å². The molecule has 2 N–H and O–H groups in total. The van der Waals surface area contributed by atoms with Gasteiger partial charge in [-0.05, 0) is 51.5 Å². The van der Waals surface area contributed by atoms with Crippen molar-refractivity contribution < 1.29 is 4.79 Å². The van der Waals surface area contributed by atoms with E-state index in [1.807, 2.05) is 14.1 Å². The number of nitrogens with one attached hydrogen (secondary N) is 2. The van der Waals surface area contributed by atoms with Crippen LogP contribution in [0.25, 0.3) is 0 Å². The summed E-state index contributed by atoms with van der Waals surface area (Å²) in [6.45, 7) is 6.79. The highest BCUT2D eigenvalue weighted by Gasteiger charge is 2.07. The van der Waals surface area contributed by atoms with Gasteiger partial charge in [0.1, 0.15) is 5.82 Å². The summed E-state index contributed by atoms with van der Waals surface area (Å²) in [6, 6.07) is 3.49. The second kappa shape index (κ2) is 9.28. The second-order valence-electron chi connectivity index (χ2n) is 5.83. The van der Waals surface area contributed by atoms with Crippen LogP contribution in [-0.4, -0.2) is 54.7 Å². The molecular formula is C15H27N5O. The Morgan fingerprint density at radius 1 is 1.24 bits per heavy atom. The van der Waals surface area contributed by atoms with Gasteiger partial charge in [0.2, 0.25) is 0 Å². The predicted molar refractivity (Wildman–Crippen MR) is 85.5 cm³/mol. The first-order chi connectivity index (χ1) is 9.99. The molecule has 1 amide bonds. The summed E-state index contributed by atoms with van der Waals surface area (Å²) in [6.07, 6.45) is 2.00. The molecule has 6 heteroatoms. The van der Waals surface area contributed by atoms with E-state index in [4.69, 9.17) is 0 Å². The van der Waals surface area contributed by atoms with Gasteiger partial charge >= 0.3 is 0 Å². The molecule has 0 radical (unpaired) electrons. The Morgan fingerprint density at radius 2 is 2.00 bits per heavy atom. The average Bonchev–Trinajstić information content (AvgIpc) is 2.43. The topological polar surface area (TPSA) is 70.2 Å². The van der Waals surface area contributed by atoms with Crippen LogP contribution in [0, 0.1) is 5.92 Å². The Kier molecular flexibility index (Phi) is 7.68. The standard InChI is InChI=1S/C15H27N5O/c1-12(2)8-10-17-15(21)13-6-7-14(19-18-13)16-9-5-11-20(3)4/h6-7,12H,5,8-11H2,1-4H3,(H,16,19)(H,17,21). The largest absolute Gasteiger partial charge is 0.369 e. The first kappa shape index (κ1) is 17.4. The van der Waals surface area contributed by atoms with E-state index in [1.165, 1.54) is 0 Å². The summed E-state index contributed by atoms with van der Waals surface area (Å²) in [5.41, 5.74) is 0.359. The summed E-state index contributed by atoms with van der Waals surface area (Å²) < 4.78 is 0. The van der Waals surface area contributed by atoms with Crippen molar-refractivity contribution in [1.82, 2.24) is 20.4 Å². The van der Waals surface area contributed by atoms with Gasteiger partial charge in [-0.25, -0.2) is 0 Å². The van der Waals surface area contributed by atoms with Crippen molar-refractivity contribution in [1.29, 1.82) is 0 Å². The van der Waals surface area contributed by atoms with Gasteiger partial charge in [0.25, 0.3) is 5.91 Å². The van der Waals surface area contributed by atoms with Crippen LogP contribution in [0.5, 0.6) is 0 Å². The van der Waals surface area contributed by atoms with Gasteiger partial charge in [-0.2, -0.15) is 0 Å². The Hall–Kier alpha value is -1.69. The van der Waals surface area contributed by atoms with Crippen molar-refractivity contribution in [2.45, 2.75) is 26.7 Å². The number of hydrogen-bond acceptors (Lipinski definition) is 5. The van der Waals surface area contributed by atoms with Crippen LogP contribution >= 0.6 is 0 Å². The van der Waals surface area contributed by atoms with E-state index >= 15 is 0 Å². The number of carbonyl (C=O) groups excluding carboxylic acids is 1. The van der Waals surface area contributed by atoms with Crippen molar-refractivity contribution in [3.8, 4) is 0 Å². The third kappa shape index (κ3) is 7.60. The number of carbonyl (C=O) groups is 1. The smallest absolute Gasteiger partial charge is 0.271 e. The van der Waals surface area contributed by atoms with Gasteiger partial charge in [0.05, 0.1) is 0 Å². The molecule has 0 saturated heterocycles. The lowest BCUT2D eigenvalue weighted by atomic mass is 10.1. The maximum atomic E-state index is 11.8. The van der Waals surface area contributed by atoms with Gasteiger partial charge in [0, 0.05) is 13.1 Å². The molecule has 1 rings (SSSR count). The number of aromatic nitrogens is 2. The Bertz CT molecular complexity index is 417. The fraction of sp³-hybridized carbons (Fsp3) is 0.667. The summed E-state index contributed by atoms with van der Waals surface area (Å²) >= 11 is 0. The number of amides is 1. The normalized spacial score (nSPS) is 11.0. The zero-order valence-electron chi connectivity index (χ0n) is 13.5. The van der Waals surface area contributed by atoms with Gasteiger partial charge in [-0.15, -0.1) is 10.2 Å². The highest BCUT2D eigenvalue weighted by molar-refractivity contribution is 5.92. The minimum absolute atomic E-state index is 0.165. The Balaban J connectivity index is 2.34. The lowest BCUT2D eigenvalue weighted by Gasteiger charge is -2.10. The number of rotatable bonds is 9. The molecular weight excluding hydrogens is 266 g/mol. The summed E-state index contributed by atoms with van der Waals surface area (Å²) in [5, 5.41) is 14.0. The van der Waals surface area contributed by atoms with E-state index < -0.39 is 0 Å². The molecule has 0 fully saturated rings. The molecule has 1 aromatic rings. The number of hydrogen-bond donors (Lipinski definition) is 2. The van der Waals surface area contributed by atoms with Crippen LogP contribution in [0.1, 0.15) is 37.2 Å². The molecule has 0 unspecified atom stereocenters. The molecule has 118 valence electrons. The SMILES string of the molecule is CC(C)CCNC(=O)c1ccc(NCCCN(C)C)nn1. The van der Waals surface area contributed by atoms with Crippen LogP contribution in [0.4, 0.5) is 5.82 Å². The molecule has 0 saturated carbocycles. The quantitative estimate of drug-likeness (QED) is 0.677. The monoisotopic (exact) mass is 293 g/mol. The number of nitrogens with zero attached hydrogens (tertiary/aromatic N) is 3. The van der Waals surface area contributed by atoms with E-state index in [2.05, 4.69) is 39.6 Å². The van der Waals surface area contributed by atoms with Gasteiger partial charge in [0.15, 0.2) is 5.69 Å². The molecule has 21 heavy (non-hydrogen) atoms. The maximum Gasteiger partial charge on any atom is 0.271 e. The highest BCUT2D eigenvalue weighted by Crippen LogP contribution is 2.03. The zero-order valence-corrected chi connectivity index (χ0v) is 13.5. The molecule has 0 aliphatic carbocycles. The Morgan fingerprint density at radius 3 is 2.57 bits per heavy atom. The minimum Gasteiger partial charge on any atom is -0.369 e. The summed E-state index contributed by atoms with van der Waals surface area (Å²) in [4.78, 5) is 14.0. The van der Waals surface area contributed by atoms with Crippen molar-refractivity contribution in [3.63, 3.8) is 0 Å². The molecule has 0 aromatic carbocycles. The van der Waals surface area contributed by atoms with E-state index in [-0.39, 0.29) is 5.91 Å². The molecule has 0 bridgehead atoms. The van der Waals surface area contributed by atoms with Gasteiger partial charge in [-0.3, -0.25) is 4.79 Å². The van der Waals surface area contributed by atoms with Crippen LogP contribution in [-0.2, 0) is 0 Å². The highest BCUT2D eigenvalue weighted by atomic mass is 16.1. The van der Waals surface area contributed by atoms with Crippen LogP contribution < -0.4 is 10.6 Å². The van der Waals surface area contributed by atoms with Crippen molar-refractivity contribution in [3.05, 3.63) is 17.8 Å². The first-order valence-corrected chi connectivity index (χ1v) is 7.49. The van der Waals surface area contributed by atoms with Crippen molar-refractivity contribution in [2.75, 3.05) is 39.0 Å². The zero-order chi connectivity index (χ0) is 15.7. The van der Waals surface area contributed by atoms with Crippen molar-refractivity contribution in [2.24, 2.45) is 5.92 Å². The minimum atomic E-state index is -0.165. The van der Waals surface area contributed by atoms with Crippen LogP contribution in [0.3, 0.4) is 0 Å². The van der Waals surface area contributed by atoms with E-state index in [0.717, 1.165) is 25.9 Å². The third-order valence-corrected chi connectivity index (χ3v) is 2.99. The third-order valence-electron chi connectivity index (χ3n) is 2.99. The number of anilines is 1. The molecule has 1 heterocycles. The first-order valence-electron chi connectivity index (χ1n) is 7.49. The predicted octanol–water partition coefficient (Wildman–Crippen LogP) is 1.62. The summed E-state index contributed by atoms with van der Waals surface area (Å²) in [7, 11) is 4.10. The van der Waals surface area contributed by atoms with Crippen molar-refractivity contribution >= 4 is 11.7 Å².